The molecule has 0 radical (unpaired) electrons. The van der Waals surface area contributed by atoms with Crippen LogP contribution in [0.2, 0.25) is 0 Å². The standard InChI is InChI=1S/C16H17N/c1-2-6-13(7-3-1)15-11-10-14-8-4-5-9-16(14)17-12-15/h1-9,15,17H,10-12H2. The molecule has 0 fully saturated rings. The van der Waals surface area contributed by atoms with E-state index in [1.807, 2.05) is 0 Å². The fraction of sp³-hybridized carbons (Fsp3) is 0.250. The second-order valence-corrected chi connectivity index (χ2v) is 4.68. The summed E-state index contributed by atoms with van der Waals surface area (Å²) < 4.78 is 0. The van der Waals surface area contributed by atoms with E-state index in [-0.39, 0.29) is 0 Å². The predicted molar refractivity (Wildman–Crippen MR) is 72.4 cm³/mol. The number of nitrogens with one attached hydrogen (secondary N) is 1. The van der Waals surface area contributed by atoms with Crippen molar-refractivity contribution in [2.24, 2.45) is 0 Å². The molecule has 1 aliphatic heterocycles. The van der Waals surface area contributed by atoms with Gasteiger partial charge in [0, 0.05) is 18.2 Å². The van der Waals surface area contributed by atoms with Crippen molar-refractivity contribution in [1.82, 2.24) is 0 Å². The minimum absolute atomic E-state index is 0.628. The Morgan fingerprint density at radius 1 is 0.882 bits per heavy atom. The number of rotatable bonds is 1. The van der Waals surface area contributed by atoms with E-state index < -0.39 is 0 Å². The zero-order valence-electron chi connectivity index (χ0n) is 9.89. The van der Waals surface area contributed by atoms with Gasteiger partial charge in [0.2, 0.25) is 0 Å². The molecule has 3 rings (SSSR count). The molecule has 1 heterocycles. The molecule has 0 amide bonds. The normalized spacial score (nSPS) is 18.9. The Labute approximate surface area is 102 Å². The van der Waals surface area contributed by atoms with E-state index >= 15 is 0 Å². The largest absolute Gasteiger partial charge is 0.384 e. The van der Waals surface area contributed by atoms with Crippen molar-refractivity contribution in [3.8, 4) is 0 Å². The third-order valence-corrected chi connectivity index (χ3v) is 3.59. The van der Waals surface area contributed by atoms with Crippen LogP contribution in [0.4, 0.5) is 5.69 Å². The first-order valence-electron chi connectivity index (χ1n) is 6.30. The van der Waals surface area contributed by atoms with Crippen molar-refractivity contribution in [3.63, 3.8) is 0 Å². The molecule has 0 saturated carbocycles. The molecular weight excluding hydrogens is 206 g/mol. The molecule has 0 aliphatic carbocycles. The average Bonchev–Trinajstić information content (AvgIpc) is 2.62. The van der Waals surface area contributed by atoms with Crippen LogP contribution in [0.5, 0.6) is 0 Å². The maximum atomic E-state index is 3.57. The summed E-state index contributed by atoms with van der Waals surface area (Å²) in [6.07, 6.45) is 2.40. The van der Waals surface area contributed by atoms with E-state index in [1.54, 1.807) is 0 Å². The van der Waals surface area contributed by atoms with Crippen molar-refractivity contribution < 1.29 is 0 Å². The van der Waals surface area contributed by atoms with Crippen molar-refractivity contribution in [1.29, 1.82) is 0 Å². The highest BCUT2D eigenvalue weighted by Crippen LogP contribution is 2.28. The van der Waals surface area contributed by atoms with E-state index in [9.17, 15) is 0 Å². The summed E-state index contributed by atoms with van der Waals surface area (Å²) in [6, 6.07) is 19.5. The summed E-state index contributed by atoms with van der Waals surface area (Å²) in [5, 5.41) is 3.57. The van der Waals surface area contributed by atoms with Gasteiger partial charge in [0.15, 0.2) is 0 Å². The zero-order chi connectivity index (χ0) is 11.5. The number of fused-ring (bicyclic) bond motifs is 1. The Hall–Kier alpha value is -1.76. The predicted octanol–water partition coefficient (Wildman–Crippen LogP) is 3.83. The number of para-hydroxylation sites is 1. The first-order chi connectivity index (χ1) is 8.43. The summed E-state index contributed by atoms with van der Waals surface area (Å²) >= 11 is 0. The Morgan fingerprint density at radius 3 is 2.53 bits per heavy atom. The molecular formula is C16H17N. The third-order valence-electron chi connectivity index (χ3n) is 3.59. The summed E-state index contributed by atoms with van der Waals surface area (Å²) in [4.78, 5) is 0. The fourth-order valence-electron chi connectivity index (χ4n) is 2.59. The molecule has 1 aliphatic rings. The first-order valence-corrected chi connectivity index (χ1v) is 6.30. The topological polar surface area (TPSA) is 12.0 Å². The van der Waals surface area contributed by atoms with Crippen LogP contribution >= 0.6 is 0 Å². The van der Waals surface area contributed by atoms with Gasteiger partial charge in [-0.1, -0.05) is 48.5 Å². The number of aryl methyl sites for hydroxylation is 1. The van der Waals surface area contributed by atoms with Gasteiger partial charge in [-0.3, -0.25) is 0 Å². The molecule has 86 valence electrons. The van der Waals surface area contributed by atoms with Gasteiger partial charge in [-0.2, -0.15) is 0 Å². The van der Waals surface area contributed by atoms with Crippen LogP contribution in [-0.4, -0.2) is 6.54 Å². The second kappa shape index (κ2) is 4.62. The molecule has 1 unspecified atom stereocenters. The number of benzene rings is 2. The summed E-state index contributed by atoms with van der Waals surface area (Å²) in [6.45, 7) is 1.04. The smallest absolute Gasteiger partial charge is 0.0372 e. The van der Waals surface area contributed by atoms with Crippen LogP contribution in [0.1, 0.15) is 23.5 Å². The van der Waals surface area contributed by atoms with Crippen molar-refractivity contribution in [2.45, 2.75) is 18.8 Å². The number of anilines is 1. The lowest BCUT2D eigenvalue weighted by atomic mass is 9.94. The van der Waals surface area contributed by atoms with Crippen LogP contribution in [0, 0.1) is 0 Å². The molecule has 1 nitrogen and oxygen atoms in total. The van der Waals surface area contributed by atoms with Gasteiger partial charge in [0.25, 0.3) is 0 Å². The van der Waals surface area contributed by atoms with Gasteiger partial charge in [-0.05, 0) is 30.0 Å². The average molecular weight is 223 g/mol. The van der Waals surface area contributed by atoms with E-state index in [1.165, 1.54) is 29.7 Å². The minimum Gasteiger partial charge on any atom is -0.384 e. The minimum atomic E-state index is 0.628. The third kappa shape index (κ3) is 2.19. The van der Waals surface area contributed by atoms with E-state index in [4.69, 9.17) is 0 Å². The quantitative estimate of drug-likeness (QED) is 0.774. The lowest BCUT2D eigenvalue weighted by Gasteiger charge is -2.14. The molecule has 0 aromatic heterocycles. The van der Waals surface area contributed by atoms with E-state index in [0.29, 0.717) is 5.92 Å². The van der Waals surface area contributed by atoms with Crippen molar-refractivity contribution in [3.05, 3.63) is 65.7 Å². The van der Waals surface area contributed by atoms with Crippen LogP contribution in [0.3, 0.4) is 0 Å². The van der Waals surface area contributed by atoms with Crippen LogP contribution < -0.4 is 5.32 Å². The van der Waals surface area contributed by atoms with Gasteiger partial charge < -0.3 is 5.32 Å². The second-order valence-electron chi connectivity index (χ2n) is 4.68. The van der Waals surface area contributed by atoms with Gasteiger partial charge in [0.1, 0.15) is 0 Å². The Kier molecular flexibility index (Phi) is 2.83. The lowest BCUT2D eigenvalue weighted by Crippen LogP contribution is -2.10. The van der Waals surface area contributed by atoms with Gasteiger partial charge in [-0.15, -0.1) is 0 Å². The molecule has 17 heavy (non-hydrogen) atoms. The lowest BCUT2D eigenvalue weighted by molar-refractivity contribution is 0.665. The first kappa shape index (κ1) is 10.4. The Bertz CT molecular complexity index is 463. The highest BCUT2D eigenvalue weighted by molar-refractivity contribution is 5.52. The maximum absolute atomic E-state index is 3.57. The molecule has 1 N–H and O–H groups in total. The number of hydrogen-bond acceptors (Lipinski definition) is 1. The van der Waals surface area contributed by atoms with Gasteiger partial charge in [-0.25, -0.2) is 0 Å². The fourth-order valence-corrected chi connectivity index (χ4v) is 2.59. The summed E-state index contributed by atoms with van der Waals surface area (Å²) in [7, 11) is 0. The molecule has 1 atom stereocenters. The maximum Gasteiger partial charge on any atom is 0.0372 e. The molecule has 1 heteroatoms. The van der Waals surface area contributed by atoms with Crippen LogP contribution in [0.15, 0.2) is 54.6 Å². The van der Waals surface area contributed by atoms with Crippen LogP contribution in [-0.2, 0) is 6.42 Å². The number of hydrogen-bond donors (Lipinski definition) is 1. The van der Waals surface area contributed by atoms with E-state index in [0.717, 1.165) is 6.54 Å². The molecule has 2 aromatic carbocycles. The highest BCUT2D eigenvalue weighted by atomic mass is 14.9. The molecule has 0 bridgehead atoms. The highest BCUT2D eigenvalue weighted by Gasteiger charge is 2.16. The monoisotopic (exact) mass is 223 g/mol. The Balaban J connectivity index is 1.82. The molecule has 2 aromatic rings. The van der Waals surface area contributed by atoms with Crippen molar-refractivity contribution >= 4 is 5.69 Å². The van der Waals surface area contributed by atoms with Crippen molar-refractivity contribution in [2.75, 3.05) is 11.9 Å². The summed E-state index contributed by atoms with van der Waals surface area (Å²) in [5.41, 5.74) is 4.21. The van der Waals surface area contributed by atoms with Crippen LogP contribution in [0.25, 0.3) is 0 Å². The van der Waals surface area contributed by atoms with E-state index in [2.05, 4.69) is 59.9 Å². The Morgan fingerprint density at radius 2 is 1.65 bits per heavy atom. The zero-order valence-corrected chi connectivity index (χ0v) is 9.89. The SMILES string of the molecule is c1ccc(C2CCc3ccccc3NC2)cc1. The van der Waals surface area contributed by atoms with Gasteiger partial charge >= 0.3 is 0 Å². The van der Waals surface area contributed by atoms with Gasteiger partial charge in [0.05, 0.1) is 0 Å². The summed E-state index contributed by atoms with van der Waals surface area (Å²) in [5.74, 6) is 0.628. The molecule has 0 spiro atoms. The molecule has 0 saturated heterocycles.